The lowest BCUT2D eigenvalue weighted by molar-refractivity contribution is 0.616. The van der Waals surface area contributed by atoms with Crippen molar-refractivity contribution in [2.75, 3.05) is 0 Å². The van der Waals surface area contributed by atoms with Gasteiger partial charge < -0.3 is 4.42 Å². The molecule has 0 saturated carbocycles. The number of hydrogen-bond donors (Lipinski definition) is 0. The van der Waals surface area contributed by atoms with Gasteiger partial charge in [-0.1, -0.05) is 93.3 Å². The highest BCUT2D eigenvalue weighted by molar-refractivity contribution is 6.10. The van der Waals surface area contributed by atoms with Gasteiger partial charge in [0.15, 0.2) is 0 Å². The zero-order chi connectivity index (χ0) is 31.7. The van der Waals surface area contributed by atoms with Gasteiger partial charge in [0.1, 0.15) is 11.2 Å². The largest absolute Gasteiger partial charge is 0.456 e. The molecule has 3 nitrogen and oxygen atoms in total. The summed E-state index contributed by atoms with van der Waals surface area (Å²) in [5.74, 6) is -0.0702. The third kappa shape index (κ3) is 3.76. The van der Waals surface area contributed by atoms with Crippen LogP contribution in [-0.2, 0) is 5.41 Å². The van der Waals surface area contributed by atoms with E-state index in [9.17, 15) is 10.5 Å². The summed E-state index contributed by atoms with van der Waals surface area (Å²) >= 11 is 0. The Morgan fingerprint density at radius 1 is 0.783 bits per heavy atom. The Labute approximate surface area is 268 Å². The predicted octanol–water partition coefficient (Wildman–Crippen LogP) is 11.0. The molecule has 2 aliphatic rings. The van der Waals surface area contributed by atoms with Crippen LogP contribution in [0.25, 0.3) is 49.8 Å². The van der Waals surface area contributed by atoms with Crippen LogP contribution in [0.2, 0.25) is 0 Å². The lowest BCUT2D eigenvalue weighted by Crippen LogP contribution is -2.16. The van der Waals surface area contributed by atoms with Gasteiger partial charge in [-0.25, -0.2) is 0 Å². The molecule has 2 aliphatic carbocycles. The molecule has 0 bridgehead atoms. The zero-order valence-electron chi connectivity index (χ0n) is 26.0. The van der Waals surface area contributed by atoms with E-state index in [0.717, 1.165) is 55.3 Å². The first-order chi connectivity index (χ1) is 22.4. The zero-order valence-corrected chi connectivity index (χ0v) is 26.0. The van der Waals surface area contributed by atoms with Crippen molar-refractivity contribution in [2.24, 2.45) is 0 Å². The molecule has 3 heteroatoms. The third-order valence-electron chi connectivity index (χ3n) is 10.0. The summed E-state index contributed by atoms with van der Waals surface area (Å²) in [4.78, 5) is 0. The minimum absolute atomic E-state index is 0.0702. The van der Waals surface area contributed by atoms with Gasteiger partial charge in [0, 0.05) is 33.2 Å². The summed E-state index contributed by atoms with van der Waals surface area (Å²) in [6.45, 7) is 10.6. The van der Waals surface area contributed by atoms with Gasteiger partial charge in [0.25, 0.3) is 0 Å². The maximum atomic E-state index is 10.4. The summed E-state index contributed by atoms with van der Waals surface area (Å²) in [7, 11) is 0. The molecule has 8 rings (SSSR count). The Kier molecular flexibility index (Phi) is 6.05. The molecule has 0 N–H and O–H groups in total. The molecule has 46 heavy (non-hydrogen) atoms. The molecule has 6 aromatic rings. The third-order valence-corrected chi connectivity index (χ3v) is 10.0. The number of rotatable bonds is 4. The molecule has 1 atom stereocenters. The second kappa shape index (κ2) is 10.1. The number of nitriles is 2. The molecule has 0 fully saturated rings. The minimum atomic E-state index is -0.232. The Hall–Kier alpha value is -5.90. The first-order valence-corrected chi connectivity index (χ1v) is 15.5. The Morgan fingerprint density at radius 3 is 2.39 bits per heavy atom. The van der Waals surface area contributed by atoms with E-state index >= 15 is 0 Å². The molecular formula is C43H30N2O. The first kappa shape index (κ1) is 27.6. The van der Waals surface area contributed by atoms with E-state index in [1.54, 1.807) is 0 Å². The van der Waals surface area contributed by atoms with Gasteiger partial charge in [-0.05, 0) is 93.4 Å². The molecule has 5 aromatic carbocycles. The van der Waals surface area contributed by atoms with Gasteiger partial charge >= 0.3 is 0 Å². The molecule has 218 valence electrons. The van der Waals surface area contributed by atoms with Crippen LogP contribution in [0.4, 0.5) is 0 Å². The molecule has 1 heterocycles. The van der Waals surface area contributed by atoms with E-state index in [1.165, 1.54) is 27.8 Å². The maximum Gasteiger partial charge on any atom is 0.140 e. The lowest BCUT2D eigenvalue weighted by atomic mass is 9.80. The summed E-state index contributed by atoms with van der Waals surface area (Å²) < 4.78 is 6.66. The summed E-state index contributed by atoms with van der Waals surface area (Å²) in [6, 6.07) is 35.9. The molecule has 0 amide bonds. The van der Waals surface area contributed by atoms with Crippen LogP contribution in [0, 0.1) is 22.7 Å². The van der Waals surface area contributed by atoms with E-state index in [2.05, 4.69) is 100 Å². The van der Waals surface area contributed by atoms with E-state index < -0.39 is 0 Å². The van der Waals surface area contributed by atoms with Crippen LogP contribution >= 0.6 is 0 Å². The quantitative estimate of drug-likeness (QED) is 0.192. The average molecular weight is 591 g/mol. The fraction of sp³-hybridized carbons (Fsp3) is 0.116. The molecule has 0 saturated heterocycles. The molecular weight excluding hydrogens is 560 g/mol. The number of allylic oxidation sites excluding steroid dienone is 5. The summed E-state index contributed by atoms with van der Waals surface area (Å²) in [5, 5.41) is 22.1. The maximum absolute atomic E-state index is 10.4. The highest BCUT2D eigenvalue weighted by atomic mass is 16.3. The summed E-state index contributed by atoms with van der Waals surface area (Å²) in [5.41, 5.74) is 15.2. The van der Waals surface area contributed by atoms with Crippen LogP contribution in [0.3, 0.4) is 0 Å². The van der Waals surface area contributed by atoms with E-state index in [0.29, 0.717) is 11.1 Å². The van der Waals surface area contributed by atoms with Crippen molar-refractivity contribution in [2.45, 2.75) is 32.1 Å². The number of nitrogens with zero attached hydrogens (tertiary/aromatic N) is 2. The van der Waals surface area contributed by atoms with Crippen molar-refractivity contribution in [3.05, 3.63) is 160 Å². The van der Waals surface area contributed by atoms with E-state index in [-0.39, 0.29) is 11.3 Å². The standard InChI is InChI=1S/C43H30N2O/c1-5-6-14-37-25(2)29-18-19-33-36-22-27(16-20-38(36)46-42(33)41(29)43(37,3)4)39-28(24-45)10-9-13-34(39)40-31-12-8-7-11-30(31)35-21-26(23-44)15-17-32(35)40/h5-22,40H,1H2,2-4H3/b14-6-. The van der Waals surface area contributed by atoms with Crippen molar-refractivity contribution in [1.29, 1.82) is 10.5 Å². The van der Waals surface area contributed by atoms with E-state index in [1.807, 2.05) is 48.6 Å². The summed E-state index contributed by atoms with van der Waals surface area (Å²) in [6.07, 6.45) is 5.98. The molecule has 1 aromatic heterocycles. The highest BCUT2D eigenvalue weighted by Gasteiger charge is 2.38. The van der Waals surface area contributed by atoms with Crippen molar-refractivity contribution in [1.82, 2.24) is 0 Å². The smallest absolute Gasteiger partial charge is 0.140 e. The lowest BCUT2D eigenvalue weighted by Gasteiger charge is -2.23. The second-order valence-corrected chi connectivity index (χ2v) is 12.8. The molecule has 0 aliphatic heterocycles. The van der Waals surface area contributed by atoms with Gasteiger partial charge in [-0.15, -0.1) is 0 Å². The van der Waals surface area contributed by atoms with Gasteiger partial charge in [0.2, 0.25) is 0 Å². The molecule has 0 spiro atoms. The van der Waals surface area contributed by atoms with E-state index in [4.69, 9.17) is 4.42 Å². The van der Waals surface area contributed by atoms with Crippen LogP contribution < -0.4 is 0 Å². The predicted molar refractivity (Wildman–Crippen MR) is 186 cm³/mol. The fourth-order valence-electron chi connectivity index (χ4n) is 8.01. The number of furan rings is 1. The fourth-order valence-corrected chi connectivity index (χ4v) is 8.01. The molecule has 1 unspecified atom stereocenters. The Bertz CT molecular complexity index is 2450. The van der Waals surface area contributed by atoms with Crippen LogP contribution in [0.15, 0.2) is 126 Å². The van der Waals surface area contributed by atoms with Crippen LogP contribution in [-0.4, -0.2) is 0 Å². The van der Waals surface area contributed by atoms with Gasteiger partial charge in [-0.3, -0.25) is 0 Å². The van der Waals surface area contributed by atoms with Gasteiger partial charge in [0.05, 0.1) is 23.3 Å². The minimum Gasteiger partial charge on any atom is -0.456 e. The second-order valence-electron chi connectivity index (χ2n) is 12.8. The number of hydrogen-bond acceptors (Lipinski definition) is 3. The topological polar surface area (TPSA) is 60.7 Å². The Morgan fingerprint density at radius 2 is 1.59 bits per heavy atom. The van der Waals surface area contributed by atoms with Crippen LogP contribution in [0.1, 0.15) is 65.6 Å². The van der Waals surface area contributed by atoms with Crippen molar-refractivity contribution >= 4 is 27.5 Å². The normalized spacial score (nSPS) is 16.0. The van der Waals surface area contributed by atoms with Crippen molar-refractivity contribution < 1.29 is 4.42 Å². The van der Waals surface area contributed by atoms with Crippen LogP contribution in [0.5, 0.6) is 0 Å². The van der Waals surface area contributed by atoms with Gasteiger partial charge in [-0.2, -0.15) is 10.5 Å². The number of fused-ring (bicyclic) bond motifs is 8. The average Bonchev–Trinajstić information content (AvgIpc) is 3.67. The SMILES string of the molecule is C=C/C=C\C1=C(C)c2ccc3c(oc4ccc(-c5c(C#N)cccc5C5c6ccccc6-c6cc(C#N)ccc65)cc43)c2C1(C)C. The van der Waals surface area contributed by atoms with Crippen molar-refractivity contribution in [3.63, 3.8) is 0 Å². The highest BCUT2D eigenvalue weighted by Crippen LogP contribution is 2.53. The Balaban J connectivity index is 1.34. The molecule has 0 radical (unpaired) electrons. The first-order valence-electron chi connectivity index (χ1n) is 15.5. The number of benzene rings is 5. The monoisotopic (exact) mass is 590 g/mol. The van der Waals surface area contributed by atoms with Crippen molar-refractivity contribution in [3.8, 4) is 34.4 Å².